The molecule has 0 aliphatic carbocycles. The van der Waals surface area contributed by atoms with E-state index in [9.17, 15) is 14.0 Å². The average molecular weight is 331 g/mol. The minimum absolute atomic E-state index is 0.0453. The molecular weight excluding hydrogens is 317 g/mol. The fourth-order valence-corrected chi connectivity index (χ4v) is 3.13. The predicted octanol–water partition coefficient (Wildman–Crippen LogP) is 3.00. The van der Waals surface area contributed by atoms with E-state index < -0.39 is 17.2 Å². The van der Waals surface area contributed by atoms with Crippen LogP contribution in [-0.4, -0.2) is 15.5 Å². The normalized spacial score (nSPS) is 11.0. The number of halogens is 1. The first kappa shape index (κ1) is 15.4. The van der Waals surface area contributed by atoms with E-state index in [0.29, 0.717) is 10.6 Å². The van der Waals surface area contributed by atoms with Crippen molar-refractivity contribution in [3.8, 4) is 0 Å². The van der Waals surface area contributed by atoms with Gasteiger partial charge in [-0.25, -0.2) is 9.37 Å². The second-order valence-electron chi connectivity index (χ2n) is 5.26. The zero-order valence-corrected chi connectivity index (χ0v) is 13.6. The number of pyridine rings is 1. The van der Waals surface area contributed by atoms with Crippen molar-refractivity contribution in [2.24, 2.45) is 7.05 Å². The molecule has 0 saturated heterocycles. The molecule has 2 aromatic heterocycles. The molecule has 0 radical (unpaired) electrons. The predicted molar refractivity (Wildman–Crippen MR) is 88.7 cm³/mol. The molecule has 3 rings (SSSR count). The summed E-state index contributed by atoms with van der Waals surface area (Å²) in [5.41, 5.74) is 0.851. The number of nitrogens with zero attached hydrogens (tertiary/aromatic N) is 2. The summed E-state index contributed by atoms with van der Waals surface area (Å²) in [5.74, 6) is -1.07. The van der Waals surface area contributed by atoms with Crippen molar-refractivity contribution < 1.29 is 9.18 Å². The Hall–Kier alpha value is -2.54. The molecule has 0 aliphatic heterocycles. The first-order chi connectivity index (χ1) is 10.9. The zero-order valence-electron chi connectivity index (χ0n) is 12.8. The van der Waals surface area contributed by atoms with Crippen LogP contribution in [-0.2, 0) is 7.05 Å². The molecule has 1 aromatic carbocycles. The van der Waals surface area contributed by atoms with Gasteiger partial charge in [0.2, 0.25) is 5.43 Å². The lowest BCUT2D eigenvalue weighted by Gasteiger charge is -2.08. The molecule has 2 heterocycles. The molecule has 5 nitrogen and oxygen atoms in total. The van der Waals surface area contributed by atoms with Gasteiger partial charge < -0.3 is 4.57 Å². The van der Waals surface area contributed by atoms with Crippen molar-refractivity contribution in [1.82, 2.24) is 9.55 Å². The largest absolute Gasteiger partial charge is 0.350 e. The number of aryl methyl sites for hydroxylation is 3. The number of carbonyl (C=O) groups is 1. The van der Waals surface area contributed by atoms with E-state index >= 15 is 0 Å². The van der Waals surface area contributed by atoms with Crippen molar-refractivity contribution in [1.29, 1.82) is 0 Å². The van der Waals surface area contributed by atoms with Gasteiger partial charge >= 0.3 is 0 Å². The highest BCUT2D eigenvalue weighted by Gasteiger charge is 2.16. The number of hydrogen-bond donors (Lipinski definition) is 1. The topological polar surface area (TPSA) is 64.0 Å². The van der Waals surface area contributed by atoms with Crippen molar-refractivity contribution in [2.75, 3.05) is 5.32 Å². The third-order valence-electron chi connectivity index (χ3n) is 3.64. The second kappa shape index (κ2) is 5.58. The van der Waals surface area contributed by atoms with Gasteiger partial charge in [-0.1, -0.05) is 0 Å². The molecule has 0 aliphatic rings. The molecule has 23 heavy (non-hydrogen) atoms. The molecule has 1 N–H and O–H groups in total. The Balaban J connectivity index is 2.07. The number of carbonyl (C=O) groups excluding carboxylic acids is 1. The lowest BCUT2D eigenvalue weighted by Crippen LogP contribution is -2.23. The number of aromatic nitrogens is 2. The first-order valence-corrected chi connectivity index (χ1v) is 7.72. The van der Waals surface area contributed by atoms with E-state index in [0.717, 1.165) is 16.6 Å². The maximum atomic E-state index is 13.4. The van der Waals surface area contributed by atoms with Gasteiger partial charge in [-0.15, -0.1) is 11.3 Å². The number of benzene rings is 1. The molecule has 118 valence electrons. The number of anilines is 1. The van der Waals surface area contributed by atoms with Crippen LogP contribution in [0.1, 0.15) is 20.9 Å². The van der Waals surface area contributed by atoms with Crippen LogP contribution in [0, 0.1) is 19.7 Å². The van der Waals surface area contributed by atoms with Crippen LogP contribution in [0.3, 0.4) is 0 Å². The van der Waals surface area contributed by atoms with Crippen molar-refractivity contribution in [3.63, 3.8) is 0 Å². The minimum Gasteiger partial charge on any atom is -0.350 e. The number of amides is 1. The van der Waals surface area contributed by atoms with Gasteiger partial charge in [0.05, 0.1) is 11.2 Å². The monoisotopic (exact) mass is 331 g/mol. The fourth-order valence-electron chi connectivity index (χ4n) is 2.32. The minimum atomic E-state index is -0.550. The lowest BCUT2D eigenvalue weighted by molar-refractivity contribution is 0.102. The van der Waals surface area contributed by atoms with Crippen LogP contribution in [0.5, 0.6) is 0 Å². The average Bonchev–Trinajstić information content (AvgIpc) is 2.80. The molecule has 0 unspecified atom stereocenters. The van der Waals surface area contributed by atoms with Gasteiger partial charge in [0.25, 0.3) is 5.91 Å². The van der Waals surface area contributed by atoms with Gasteiger partial charge in [-0.05, 0) is 32.0 Å². The second-order valence-corrected chi connectivity index (χ2v) is 6.46. The Morgan fingerprint density at radius 2 is 2.09 bits per heavy atom. The van der Waals surface area contributed by atoms with Crippen molar-refractivity contribution in [2.45, 2.75) is 13.8 Å². The summed E-state index contributed by atoms with van der Waals surface area (Å²) < 4.78 is 15.0. The molecule has 0 spiro atoms. The Kier molecular flexibility index (Phi) is 3.73. The molecule has 7 heteroatoms. The standard InChI is InChI=1S/C16H14FN3O2S/c1-8-9(2)23-16(18-8)19-15(22)12-7-20(3)13-5-4-10(17)6-11(13)14(12)21/h4-7H,1-3H3,(H,18,19,22). The van der Waals surface area contributed by atoms with E-state index in [-0.39, 0.29) is 10.9 Å². The van der Waals surface area contributed by atoms with Gasteiger partial charge in [0, 0.05) is 23.5 Å². The quantitative estimate of drug-likeness (QED) is 0.785. The van der Waals surface area contributed by atoms with Crippen molar-refractivity contribution >= 4 is 33.3 Å². The Labute approximate surface area is 135 Å². The maximum Gasteiger partial charge on any atom is 0.262 e. The molecule has 0 bridgehead atoms. The van der Waals surface area contributed by atoms with Gasteiger partial charge in [0.1, 0.15) is 11.4 Å². The molecule has 1 amide bonds. The highest BCUT2D eigenvalue weighted by molar-refractivity contribution is 7.15. The lowest BCUT2D eigenvalue weighted by atomic mass is 10.1. The summed E-state index contributed by atoms with van der Waals surface area (Å²) in [6.07, 6.45) is 1.45. The molecule has 3 aromatic rings. The first-order valence-electron chi connectivity index (χ1n) is 6.91. The van der Waals surface area contributed by atoms with Crippen LogP contribution in [0.15, 0.2) is 29.2 Å². The van der Waals surface area contributed by atoms with Crippen molar-refractivity contribution in [3.05, 3.63) is 56.6 Å². The van der Waals surface area contributed by atoms with Gasteiger partial charge in [0.15, 0.2) is 5.13 Å². The summed E-state index contributed by atoms with van der Waals surface area (Å²) in [6, 6.07) is 3.94. The molecule has 0 saturated carbocycles. The number of thiazole rings is 1. The van der Waals surface area contributed by atoms with E-state index in [1.165, 1.54) is 29.7 Å². The number of fused-ring (bicyclic) bond motifs is 1. The van der Waals surface area contributed by atoms with Gasteiger partial charge in [-0.2, -0.15) is 0 Å². The third kappa shape index (κ3) is 2.75. The van der Waals surface area contributed by atoms with Crippen LogP contribution >= 0.6 is 11.3 Å². The van der Waals surface area contributed by atoms with E-state index in [1.807, 2.05) is 13.8 Å². The number of nitrogens with one attached hydrogen (secondary N) is 1. The summed E-state index contributed by atoms with van der Waals surface area (Å²) in [5, 5.41) is 3.24. The number of rotatable bonds is 2. The molecule has 0 atom stereocenters. The van der Waals surface area contributed by atoms with Crippen LogP contribution < -0.4 is 10.7 Å². The highest BCUT2D eigenvalue weighted by atomic mass is 32.1. The Bertz CT molecular complexity index is 971. The number of hydrogen-bond acceptors (Lipinski definition) is 4. The van der Waals surface area contributed by atoms with E-state index in [2.05, 4.69) is 10.3 Å². The van der Waals surface area contributed by atoms with E-state index in [1.54, 1.807) is 11.6 Å². The zero-order chi connectivity index (χ0) is 16.7. The van der Waals surface area contributed by atoms with Crippen LogP contribution in [0.2, 0.25) is 0 Å². The summed E-state index contributed by atoms with van der Waals surface area (Å²) in [4.78, 5) is 30.1. The Morgan fingerprint density at radius 3 is 2.74 bits per heavy atom. The highest BCUT2D eigenvalue weighted by Crippen LogP contribution is 2.21. The van der Waals surface area contributed by atoms with Gasteiger partial charge in [-0.3, -0.25) is 14.9 Å². The third-order valence-corrected chi connectivity index (χ3v) is 4.63. The van der Waals surface area contributed by atoms with Crippen LogP contribution in [0.25, 0.3) is 10.9 Å². The summed E-state index contributed by atoms with van der Waals surface area (Å²) in [6.45, 7) is 3.75. The van der Waals surface area contributed by atoms with Crippen LogP contribution in [0.4, 0.5) is 9.52 Å². The molecule has 0 fully saturated rings. The molecular formula is C16H14FN3O2S. The summed E-state index contributed by atoms with van der Waals surface area (Å²) >= 11 is 1.34. The Morgan fingerprint density at radius 1 is 1.35 bits per heavy atom. The smallest absolute Gasteiger partial charge is 0.262 e. The maximum absolute atomic E-state index is 13.4. The van der Waals surface area contributed by atoms with E-state index in [4.69, 9.17) is 0 Å². The SMILES string of the molecule is Cc1nc(NC(=O)c2cn(C)c3ccc(F)cc3c2=O)sc1C. The fraction of sp³-hybridized carbons (Fsp3) is 0.188. The summed E-state index contributed by atoms with van der Waals surface area (Å²) in [7, 11) is 1.70.